The highest BCUT2D eigenvalue weighted by Gasteiger charge is 2.25. The number of carboxylic acids is 1. The van der Waals surface area contributed by atoms with E-state index in [0.29, 0.717) is 12.0 Å². The van der Waals surface area contributed by atoms with Gasteiger partial charge in [-0.25, -0.2) is 0 Å². The second-order valence-electron chi connectivity index (χ2n) is 7.67. The van der Waals surface area contributed by atoms with Gasteiger partial charge in [0.1, 0.15) is 5.75 Å². The molecule has 0 unspecified atom stereocenters. The first-order valence-corrected chi connectivity index (χ1v) is 10.1. The predicted octanol–water partition coefficient (Wildman–Crippen LogP) is 4.82. The van der Waals surface area contributed by atoms with Gasteiger partial charge in [-0.15, -0.1) is 0 Å². The first-order chi connectivity index (χ1) is 14.9. The van der Waals surface area contributed by atoms with Crippen molar-refractivity contribution >= 4 is 29.2 Å². The molecule has 2 aromatic carbocycles. The number of anilines is 1. The van der Waals surface area contributed by atoms with Gasteiger partial charge in [-0.05, 0) is 66.8 Å². The van der Waals surface area contributed by atoms with E-state index in [4.69, 9.17) is 9.84 Å². The molecule has 3 N–H and O–H groups in total. The summed E-state index contributed by atoms with van der Waals surface area (Å²) in [4.78, 5) is 27.0. The number of carboxylic acid groups (broad SMARTS) is 1. The quantitative estimate of drug-likeness (QED) is 0.503. The summed E-state index contributed by atoms with van der Waals surface area (Å²) in [6, 6.07) is 13.7. The van der Waals surface area contributed by atoms with Gasteiger partial charge in [0, 0.05) is 29.1 Å². The summed E-state index contributed by atoms with van der Waals surface area (Å²) >= 11 is 0. The van der Waals surface area contributed by atoms with Crippen molar-refractivity contribution in [2.24, 2.45) is 0 Å². The molecule has 0 bridgehead atoms. The minimum atomic E-state index is -0.823. The summed E-state index contributed by atoms with van der Waals surface area (Å²) in [7, 11) is 1.64. The lowest BCUT2D eigenvalue weighted by Gasteiger charge is -2.07. The maximum atomic E-state index is 12.7. The fourth-order valence-electron chi connectivity index (χ4n) is 4.03. The average molecular weight is 416 g/mol. The van der Waals surface area contributed by atoms with Gasteiger partial charge in [0.05, 0.1) is 12.7 Å². The van der Waals surface area contributed by atoms with E-state index in [9.17, 15) is 9.59 Å². The molecule has 158 valence electrons. The van der Waals surface area contributed by atoms with E-state index in [1.807, 2.05) is 62.4 Å². The van der Waals surface area contributed by atoms with Gasteiger partial charge in [0.25, 0.3) is 5.91 Å². The maximum absolute atomic E-state index is 12.7. The molecule has 3 aromatic rings. The molecule has 6 nitrogen and oxygen atoms in total. The lowest BCUT2D eigenvalue weighted by atomic mass is 9.99. The maximum Gasteiger partial charge on any atom is 0.303 e. The Hall–Kier alpha value is -3.80. The Morgan fingerprint density at radius 1 is 1.13 bits per heavy atom. The number of amides is 1. The predicted molar refractivity (Wildman–Crippen MR) is 121 cm³/mol. The van der Waals surface area contributed by atoms with Gasteiger partial charge in [-0.2, -0.15) is 0 Å². The molecule has 0 fully saturated rings. The summed E-state index contributed by atoms with van der Waals surface area (Å²) in [5.41, 5.74) is 7.90. The van der Waals surface area contributed by atoms with Gasteiger partial charge in [0.2, 0.25) is 0 Å². The number of aromatic amines is 1. The van der Waals surface area contributed by atoms with E-state index in [2.05, 4.69) is 10.3 Å². The highest BCUT2D eigenvalue weighted by molar-refractivity contribution is 6.35. The van der Waals surface area contributed by atoms with Crippen molar-refractivity contribution in [2.45, 2.75) is 26.7 Å². The number of hydrogen-bond acceptors (Lipinski definition) is 3. The number of benzene rings is 2. The van der Waals surface area contributed by atoms with Crippen LogP contribution in [0.3, 0.4) is 0 Å². The smallest absolute Gasteiger partial charge is 0.303 e. The molecular formula is C25H24N2O4. The zero-order chi connectivity index (χ0) is 22.1. The summed E-state index contributed by atoms with van der Waals surface area (Å²) < 4.78 is 5.31. The van der Waals surface area contributed by atoms with Gasteiger partial charge in [-0.1, -0.05) is 24.3 Å². The zero-order valence-electron chi connectivity index (χ0n) is 17.7. The van der Waals surface area contributed by atoms with Crippen molar-refractivity contribution in [1.29, 1.82) is 0 Å². The van der Waals surface area contributed by atoms with Crippen molar-refractivity contribution in [3.63, 3.8) is 0 Å². The number of H-pyrrole nitrogens is 1. The van der Waals surface area contributed by atoms with Gasteiger partial charge < -0.3 is 20.1 Å². The Labute approximate surface area is 180 Å². The van der Waals surface area contributed by atoms with Gasteiger partial charge in [0.15, 0.2) is 0 Å². The van der Waals surface area contributed by atoms with Crippen molar-refractivity contribution in [3.05, 3.63) is 70.5 Å². The summed E-state index contributed by atoms with van der Waals surface area (Å²) in [6.07, 6.45) is 2.38. The number of methoxy groups -OCH3 is 1. The lowest BCUT2D eigenvalue weighted by molar-refractivity contribution is -0.137. The molecule has 1 amide bonds. The highest BCUT2D eigenvalue weighted by atomic mass is 16.5. The number of carbonyl (C=O) groups excluding carboxylic acids is 1. The van der Waals surface area contributed by atoms with E-state index in [0.717, 1.165) is 50.6 Å². The fraction of sp³-hybridized carbons (Fsp3) is 0.200. The van der Waals surface area contributed by atoms with Crippen LogP contribution in [0.1, 0.15) is 34.5 Å². The van der Waals surface area contributed by atoms with Crippen LogP contribution in [0.4, 0.5) is 5.69 Å². The van der Waals surface area contributed by atoms with Gasteiger partial charge >= 0.3 is 5.97 Å². The molecule has 0 spiro atoms. The van der Waals surface area contributed by atoms with Crippen LogP contribution in [-0.2, 0) is 16.0 Å². The van der Waals surface area contributed by atoms with E-state index < -0.39 is 5.97 Å². The third-order valence-corrected chi connectivity index (χ3v) is 5.71. The molecule has 6 heteroatoms. The summed E-state index contributed by atoms with van der Waals surface area (Å²) in [6.45, 7) is 3.88. The molecule has 1 aliphatic heterocycles. The molecule has 1 aromatic heterocycles. The highest BCUT2D eigenvalue weighted by Crippen LogP contribution is 2.37. The van der Waals surface area contributed by atoms with Crippen LogP contribution in [0, 0.1) is 13.8 Å². The van der Waals surface area contributed by atoms with Crippen LogP contribution < -0.4 is 10.1 Å². The van der Waals surface area contributed by atoms with Crippen LogP contribution in [-0.4, -0.2) is 29.1 Å². The number of nitrogens with one attached hydrogen (secondary N) is 2. The molecule has 0 radical (unpaired) electrons. The average Bonchev–Trinajstić information content (AvgIpc) is 3.21. The van der Waals surface area contributed by atoms with Crippen molar-refractivity contribution in [3.8, 4) is 16.9 Å². The molecule has 0 saturated heterocycles. The first-order valence-electron chi connectivity index (χ1n) is 10.1. The molecule has 0 atom stereocenters. The number of aliphatic carboxylic acids is 1. The summed E-state index contributed by atoms with van der Waals surface area (Å²) in [5, 5.41) is 11.9. The summed E-state index contributed by atoms with van der Waals surface area (Å²) in [5.74, 6) is -0.203. The number of carbonyl (C=O) groups is 2. The minimum absolute atomic E-state index is 0.0753. The Morgan fingerprint density at radius 3 is 2.65 bits per heavy atom. The van der Waals surface area contributed by atoms with Crippen molar-refractivity contribution < 1.29 is 19.4 Å². The van der Waals surface area contributed by atoms with E-state index in [1.165, 1.54) is 0 Å². The van der Waals surface area contributed by atoms with E-state index >= 15 is 0 Å². The molecule has 0 aliphatic carbocycles. The molecule has 0 saturated carbocycles. The number of aryl methyl sites for hydroxylation is 1. The van der Waals surface area contributed by atoms with E-state index in [1.54, 1.807) is 7.11 Å². The third-order valence-electron chi connectivity index (χ3n) is 5.71. The lowest BCUT2D eigenvalue weighted by Crippen LogP contribution is -2.03. The Balaban J connectivity index is 1.68. The van der Waals surface area contributed by atoms with Crippen molar-refractivity contribution in [2.75, 3.05) is 12.4 Å². The first kappa shape index (κ1) is 20.5. The molecule has 31 heavy (non-hydrogen) atoms. The van der Waals surface area contributed by atoms with Crippen LogP contribution in [0.5, 0.6) is 5.75 Å². The number of rotatable bonds is 6. The Bertz CT molecular complexity index is 1220. The number of hydrogen-bond donors (Lipinski definition) is 3. The standard InChI is InChI=1S/C25H24N2O4/c1-14-19(9-10-24(28)29)15(2)26-22(14)13-21-20-8-7-17(12-23(20)27-25(21)30)16-5-4-6-18(11-16)31-3/h4-8,11-13,26H,9-10H2,1-3H3,(H,27,30)(H,28,29)/b21-13+. The minimum Gasteiger partial charge on any atom is -0.497 e. The van der Waals surface area contributed by atoms with Crippen LogP contribution >= 0.6 is 0 Å². The number of fused-ring (bicyclic) bond motifs is 1. The van der Waals surface area contributed by atoms with Crippen LogP contribution in [0.25, 0.3) is 22.8 Å². The topological polar surface area (TPSA) is 91.4 Å². The van der Waals surface area contributed by atoms with E-state index in [-0.39, 0.29) is 12.3 Å². The molecule has 2 heterocycles. The van der Waals surface area contributed by atoms with Crippen LogP contribution in [0.2, 0.25) is 0 Å². The number of ether oxygens (including phenoxy) is 1. The van der Waals surface area contributed by atoms with Crippen molar-refractivity contribution in [1.82, 2.24) is 4.98 Å². The zero-order valence-corrected chi connectivity index (χ0v) is 17.7. The Morgan fingerprint density at radius 2 is 1.90 bits per heavy atom. The molecule has 4 rings (SSSR count). The SMILES string of the molecule is COc1cccc(-c2ccc3c(c2)NC(=O)/C3=C/c2[nH]c(C)c(CCC(=O)O)c2C)c1. The second-order valence-corrected chi connectivity index (χ2v) is 7.67. The monoisotopic (exact) mass is 416 g/mol. The number of aromatic nitrogens is 1. The molecular weight excluding hydrogens is 392 g/mol. The van der Waals surface area contributed by atoms with Gasteiger partial charge in [-0.3, -0.25) is 9.59 Å². The van der Waals surface area contributed by atoms with Crippen LogP contribution in [0.15, 0.2) is 42.5 Å². The fourth-order valence-corrected chi connectivity index (χ4v) is 4.03. The molecule has 1 aliphatic rings. The normalized spacial score (nSPS) is 13.9. The Kier molecular flexibility index (Phi) is 5.38. The largest absolute Gasteiger partial charge is 0.497 e. The second kappa shape index (κ2) is 8.14. The third kappa shape index (κ3) is 3.97.